The van der Waals surface area contributed by atoms with E-state index >= 15 is 0 Å². The highest BCUT2D eigenvalue weighted by Crippen LogP contribution is 2.10. The maximum atomic E-state index is 2.61. The summed E-state index contributed by atoms with van der Waals surface area (Å²) in [7, 11) is 0. The first-order valence-corrected chi connectivity index (χ1v) is 10.5. The Kier molecular flexibility index (Phi) is 13.1. The second-order valence-corrected chi connectivity index (χ2v) is 7.63. The van der Waals surface area contributed by atoms with Gasteiger partial charge in [-0.25, -0.2) is 4.90 Å². The highest BCUT2D eigenvalue weighted by molar-refractivity contribution is 5.14. The third-order valence-electron chi connectivity index (χ3n) is 5.36. The number of nitrogens with zero attached hydrogens (tertiary/aromatic N) is 1. The molecule has 0 spiro atoms. The minimum atomic E-state index is 0. The molecule has 0 bridgehead atoms. The third-order valence-corrected chi connectivity index (χ3v) is 5.36. The maximum absolute atomic E-state index is 2.61. The van der Waals surface area contributed by atoms with Gasteiger partial charge in [0.2, 0.25) is 0 Å². The van der Waals surface area contributed by atoms with Gasteiger partial charge in [-0.15, -0.1) is 0 Å². The van der Waals surface area contributed by atoms with Crippen molar-refractivity contribution >= 4 is 0 Å². The zero-order valence-corrected chi connectivity index (χ0v) is 17.1. The predicted molar refractivity (Wildman–Crippen MR) is 104 cm³/mol. The van der Waals surface area contributed by atoms with Crippen LogP contribution in [0.3, 0.4) is 0 Å². The van der Waals surface area contributed by atoms with Crippen molar-refractivity contribution in [3.05, 3.63) is 35.9 Å². The van der Waals surface area contributed by atoms with E-state index in [0.717, 1.165) is 6.54 Å². The Morgan fingerprint density at radius 1 is 0.840 bits per heavy atom. The molecular formula is C22H39ClN2. The smallest absolute Gasteiger partial charge is 0.134 e. The van der Waals surface area contributed by atoms with E-state index in [1.807, 2.05) is 0 Å². The van der Waals surface area contributed by atoms with Gasteiger partial charge >= 0.3 is 0 Å². The first-order chi connectivity index (χ1) is 11.9. The molecule has 2 nitrogen and oxygen atoms in total. The molecule has 2 rings (SSSR count). The Balaban J connectivity index is 0.00000312. The van der Waals surface area contributed by atoms with Gasteiger partial charge in [0, 0.05) is 6.54 Å². The number of benzene rings is 1. The second kappa shape index (κ2) is 14.6. The van der Waals surface area contributed by atoms with Crippen LogP contribution in [0, 0.1) is 0 Å². The molecule has 1 aromatic carbocycles. The van der Waals surface area contributed by atoms with E-state index in [1.54, 1.807) is 4.90 Å². The number of nitrogens with one attached hydrogen (secondary N) is 1. The number of halogens is 1. The summed E-state index contributed by atoms with van der Waals surface area (Å²) < 4.78 is 0. The van der Waals surface area contributed by atoms with E-state index < -0.39 is 0 Å². The van der Waals surface area contributed by atoms with Gasteiger partial charge in [-0.2, -0.15) is 0 Å². The van der Waals surface area contributed by atoms with Gasteiger partial charge in [0.1, 0.15) is 6.67 Å². The Morgan fingerprint density at radius 3 is 2.08 bits per heavy atom. The number of hydrogen-bond donors (Lipinski definition) is 1. The summed E-state index contributed by atoms with van der Waals surface area (Å²) in [6.45, 7) is 8.64. The minimum absolute atomic E-state index is 0. The Morgan fingerprint density at radius 2 is 1.44 bits per heavy atom. The lowest BCUT2D eigenvalue weighted by Gasteiger charge is -2.15. The Bertz CT molecular complexity index is 410. The number of hydrogen-bond acceptors (Lipinski definition) is 1. The molecule has 1 aliphatic rings. The van der Waals surface area contributed by atoms with Crippen LogP contribution in [0.5, 0.6) is 0 Å². The number of rotatable bonds is 13. The average Bonchev–Trinajstić information content (AvgIpc) is 3.05. The maximum Gasteiger partial charge on any atom is 0.134 e. The van der Waals surface area contributed by atoms with Crippen LogP contribution in [0.15, 0.2) is 30.3 Å². The molecule has 3 heteroatoms. The van der Waals surface area contributed by atoms with Gasteiger partial charge < -0.3 is 17.3 Å². The van der Waals surface area contributed by atoms with Crippen molar-refractivity contribution in [3.63, 3.8) is 0 Å². The zero-order valence-electron chi connectivity index (χ0n) is 16.3. The van der Waals surface area contributed by atoms with Crippen LogP contribution in [0.25, 0.3) is 0 Å². The van der Waals surface area contributed by atoms with Crippen molar-refractivity contribution in [2.45, 2.75) is 77.7 Å². The SMILES string of the molecule is CCCCCCCCCCCC[NH+]1CCN(Cc2ccccc2)C1.[Cl-]. The molecule has 0 radical (unpaired) electrons. The molecular weight excluding hydrogens is 328 g/mol. The zero-order chi connectivity index (χ0) is 16.9. The molecule has 1 fully saturated rings. The fraction of sp³-hybridized carbons (Fsp3) is 0.727. The lowest BCUT2D eigenvalue weighted by Crippen LogP contribution is -3.10. The van der Waals surface area contributed by atoms with Crippen LogP contribution in [0.1, 0.15) is 76.7 Å². The van der Waals surface area contributed by atoms with Crippen LogP contribution < -0.4 is 17.3 Å². The molecule has 0 amide bonds. The van der Waals surface area contributed by atoms with Crippen LogP contribution in [-0.4, -0.2) is 31.2 Å². The van der Waals surface area contributed by atoms with Gasteiger partial charge in [0.25, 0.3) is 0 Å². The van der Waals surface area contributed by atoms with E-state index in [2.05, 4.69) is 42.2 Å². The fourth-order valence-electron chi connectivity index (χ4n) is 3.83. The topological polar surface area (TPSA) is 7.68 Å². The molecule has 1 atom stereocenters. The van der Waals surface area contributed by atoms with Gasteiger partial charge in [-0.05, 0) is 18.4 Å². The van der Waals surface area contributed by atoms with E-state index in [1.165, 1.54) is 96.1 Å². The molecule has 0 aromatic heterocycles. The van der Waals surface area contributed by atoms with Gasteiger partial charge in [-0.3, -0.25) is 0 Å². The molecule has 1 saturated heterocycles. The van der Waals surface area contributed by atoms with E-state index in [9.17, 15) is 0 Å². The van der Waals surface area contributed by atoms with Crippen LogP contribution in [0.4, 0.5) is 0 Å². The van der Waals surface area contributed by atoms with Gasteiger partial charge in [0.05, 0.1) is 19.6 Å². The standard InChI is InChI=1S/C22H38N2.ClH/c1-2-3-4-5-6-7-8-9-10-14-17-23-18-19-24(21-23)20-22-15-12-11-13-16-22;/h11-13,15-16H,2-10,14,17-21H2,1H3;1H. The minimum Gasteiger partial charge on any atom is -1.00 e. The van der Waals surface area contributed by atoms with Gasteiger partial charge in [0.15, 0.2) is 0 Å². The summed E-state index contributed by atoms with van der Waals surface area (Å²) in [5, 5.41) is 0. The molecule has 1 aromatic rings. The quantitative estimate of drug-likeness (QED) is 0.516. The molecule has 0 saturated carbocycles. The van der Waals surface area contributed by atoms with Gasteiger partial charge in [-0.1, -0.05) is 88.6 Å². The monoisotopic (exact) mass is 366 g/mol. The lowest BCUT2D eigenvalue weighted by molar-refractivity contribution is -0.892. The fourth-order valence-corrected chi connectivity index (χ4v) is 3.83. The van der Waals surface area contributed by atoms with Crippen molar-refractivity contribution in [1.82, 2.24) is 4.90 Å². The average molecular weight is 367 g/mol. The number of unbranched alkanes of at least 4 members (excludes halogenated alkanes) is 9. The highest BCUT2D eigenvalue weighted by Gasteiger charge is 2.22. The van der Waals surface area contributed by atoms with E-state index in [4.69, 9.17) is 0 Å². The first kappa shape index (κ1) is 22.5. The molecule has 1 unspecified atom stereocenters. The molecule has 1 N–H and O–H groups in total. The summed E-state index contributed by atoms with van der Waals surface area (Å²) in [5.41, 5.74) is 1.46. The van der Waals surface area contributed by atoms with Crippen molar-refractivity contribution in [1.29, 1.82) is 0 Å². The van der Waals surface area contributed by atoms with Crippen molar-refractivity contribution in [2.24, 2.45) is 0 Å². The summed E-state index contributed by atoms with van der Waals surface area (Å²) >= 11 is 0. The summed E-state index contributed by atoms with van der Waals surface area (Å²) in [6, 6.07) is 10.9. The molecule has 25 heavy (non-hydrogen) atoms. The van der Waals surface area contributed by atoms with Crippen molar-refractivity contribution < 1.29 is 17.3 Å². The second-order valence-electron chi connectivity index (χ2n) is 7.63. The van der Waals surface area contributed by atoms with E-state index in [0.29, 0.717) is 0 Å². The largest absolute Gasteiger partial charge is 1.00 e. The predicted octanol–water partition coefficient (Wildman–Crippen LogP) is 1.27. The molecule has 1 heterocycles. The third kappa shape index (κ3) is 10.2. The van der Waals surface area contributed by atoms with Crippen molar-refractivity contribution in [3.8, 4) is 0 Å². The van der Waals surface area contributed by atoms with Crippen LogP contribution >= 0.6 is 0 Å². The molecule has 1 aliphatic heterocycles. The molecule has 144 valence electrons. The Hall–Kier alpha value is -0.570. The normalized spacial score (nSPS) is 17.6. The Labute approximate surface area is 162 Å². The van der Waals surface area contributed by atoms with Crippen LogP contribution in [0.2, 0.25) is 0 Å². The first-order valence-electron chi connectivity index (χ1n) is 10.5. The lowest BCUT2D eigenvalue weighted by atomic mass is 10.1. The van der Waals surface area contributed by atoms with E-state index in [-0.39, 0.29) is 12.4 Å². The van der Waals surface area contributed by atoms with Crippen LogP contribution in [-0.2, 0) is 6.54 Å². The summed E-state index contributed by atoms with van der Waals surface area (Å²) in [5.74, 6) is 0. The highest BCUT2D eigenvalue weighted by atomic mass is 35.5. The summed E-state index contributed by atoms with van der Waals surface area (Å²) in [4.78, 5) is 4.41. The molecule has 0 aliphatic carbocycles. The number of quaternary nitrogens is 1. The summed E-state index contributed by atoms with van der Waals surface area (Å²) in [6.07, 6.45) is 14.4. The van der Waals surface area contributed by atoms with Crippen molar-refractivity contribution in [2.75, 3.05) is 26.3 Å².